The number of hydrogen-bond acceptors (Lipinski definition) is 3. The van der Waals surface area contributed by atoms with Gasteiger partial charge in [-0.25, -0.2) is 0 Å². The Hall–Kier alpha value is -2.01. The van der Waals surface area contributed by atoms with E-state index in [0.717, 1.165) is 17.7 Å². The minimum atomic E-state index is 0.0490. The SMILES string of the molecule is CCC(C)(C)c1ccc(O)c(NC(=S)NCc2ccco2)c1. The maximum Gasteiger partial charge on any atom is 0.171 e. The van der Waals surface area contributed by atoms with Crippen LogP contribution in [0.5, 0.6) is 5.75 Å². The van der Waals surface area contributed by atoms with Gasteiger partial charge < -0.3 is 20.2 Å². The van der Waals surface area contributed by atoms with Crippen LogP contribution in [0, 0.1) is 0 Å². The van der Waals surface area contributed by atoms with Gasteiger partial charge in [0.25, 0.3) is 0 Å². The molecule has 0 aliphatic rings. The Labute approximate surface area is 136 Å². The summed E-state index contributed by atoms with van der Waals surface area (Å²) in [6.45, 7) is 7.00. The third-order valence-electron chi connectivity index (χ3n) is 3.91. The van der Waals surface area contributed by atoms with Gasteiger partial charge >= 0.3 is 0 Å². The molecule has 2 rings (SSSR count). The molecular formula is C17H22N2O2S. The first-order valence-corrected chi connectivity index (χ1v) is 7.74. The van der Waals surface area contributed by atoms with Crippen LogP contribution in [0.1, 0.15) is 38.5 Å². The van der Waals surface area contributed by atoms with Gasteiger partial charge in [-0.05, 0) is 53.9 Å². The molecule has 0 aliphatic carbocycles. The lowest BCUT2D eigenvalue weighted by molar-refractivity contribution is 0.474. The molecule has 4 nitrogen and oxygen atoms in total. The number of furan rings is 1. The molecule has 0 radical (unpaired) electrons. The van der Waals surface area contributed by atoms with E-state index >= 15 is 0 Å². The second-order valence-corrected chi connectivity index (χ2v) is 6.26. The molecule has 2 aromatic rings. The number of nitrogens with one attached hydrogen (secondary N) is 2. The summed E-state index contributed by atoms with van der Waals surface area (Å²) in [5, 5.41) is 16.5. The second kappa shape index (κ2) is 6.83. The largest absolute Gasteiger partial charge is 0.506 e. The molecule has 0 aliphatic heterocycles. The fourth-order valence-corrected chi connectivity index (χ4v) is 2.19. The van der Waals surface area contributed by atoms with Gasteiger partial charge in [-0.1, -0.05) is 26.8 Å². The van der Waals surface area contributed by atoms with E-state index in [4.69, 9.17) is 16.6 Å². The van der Waals surface area contributed by atoms with E-state index in [1.807, 2.05) is 24.3 Å². The van der Waals surface area contributed by atoms with Crippen molar-refractivity contribution in [1.82, 2.24) is 5.32 Å². The zero-order valence-electron chi connectivity index (χ0n) is 13.1. The summed E-state index contributed by atoms with van der Waals surface area (Å²) in [5.41, 5.74) is 1.81. The van der Waals surface area contributed by atoms with E-state index in [2.05, 4.69) is 31.4 Å². The molecule has 0 bridgehead atoms. The second-order valence-electron chi connectivity index (χ2n) is 5.86. The molecule has 118 valence electrons. The molecule has 0 unspecified atom stereocenters. The highest BCUT2D eigenvalue weighted by Crippen LogP contribution is 2.32. The third-order valence-corrected chi connectivity index (χ3v) is 4.16. The lowest BCUT2D eigenvalue weighted by Gasteiger charge is -2.24. The average Bonchev–Trinajstić information content (AvgIpc) is 3.00. The molecule has 1 heterocycles. The van der Waals surface area contributed by atoms with E-state index in [9.17, 15) is 5.11 Å². The van der Waals surface area contributed by atoms with Crippen molar-refractivity contribution in [1.29, 1.82) is 0 Å². The molecule has 0 atom stereocenters. The maximum absolute atomic E-state index is 10.0. The number of rotatable bonds is 5. The summed E-state index contributed by atoms with van der Waals surface area (Å²) >= 11 is 5.26. The van der Waals surface area contributed by atoms with Gasteiger partial charge in [-0.2, -0.15) is 0 Å². The van der Waals surface area contributed by atoms with Gasteiger partial charge in [-0.15, -0.1) is 0 Å². The number of phenolic OH excluding ortho intramolecular Hbond substituents is 1. The molecular weight excluding hydrogens is 296 g/mol. The van der Waals surface area contributed by atoms with Crippen LogP contribution < -0.4 is 10.6 Å². The summed E-state index contributed by atoms with van der Waals surface area (Å²) < 4.78 is 5.24. The van der Waals surface area contributed by atoms with E-state index in [1.54, 1.807) is 12.3 Å². The zero-order chi connectivity index (χ0) is 16.2. The number of aromatic hydroxyl groups is 1. The summed E-state index contributed by atoms with van der Waals surface area (Å²) in [6, 6.07) is 9.29. The Morgan fingerprint density at radius 3 is 2.73 bits per heavy atom. The first kappa shape index (κ1) is 16.4. The van der Waals surface area contributed by atoms with Gasteiger partial charge in [0.05, 0.1) is 18.5 Å². The minimum absolute atomic E-state index is 0.0490. The van der Waals surface area contributed by atoms with Crippen molar-refractivity contribution in [3.05, 3.63) is 47.9 Å². The molecule has 0 saturated heterocycles. The van der Waals surface area contributed by atoms with Crippen LogP contribution >= 0.6 is 12.2 Å². The molecule has 0 saturated carbocycles. The van der Waals surface area contributed by atoms with Crippen LogP contribution in [0.25, 0.3) is 0 Å². The van der Waals surface area contributed by atoms with Gasteiger partial charge in [0, 0.05) is 0 Å². The Bertz CT molecular complexity index is 636. The van der Waals surface area contributed by atoms with Crippen LogP contribution in [0.3, 0.4) is 0 Å². The van der Waals surface area contributed by atoms with Gasteiger partial charge in [-0.3, -0.25) is 0 Å². The first-order valence-electron chi connectivity index (χ1n) is 7.33. The van der Waals surface area contributed by atoms with Crippen molar-refractivity contribution in [2.75, 3.05) is 5.32 Å². The van der Waals surface area contributed by atoms with Crippen LogP contribution in [0.15, 0.2) is 41.0 Å². The highest BCUT2D eigenvalue weighted by molar-refractivity contribution is 7.80. The maximum atomic E-state index is 10.0. The number of hydrogen-bond donors (Lipinski definition) is 3. The molecule has 0 fully saturated rings. The molecule has 1 aromatic carbocycles. The summed E-state index contributed by atoms with van der Waals surface area (Å²) in [4.78, 5) is 0. The van der Waals surface area contributed by atoms with Crippen molar-refractivity contribution in [2.24, 2.45) is 0 Å². The smallest absolute Gasteiger partial charge is 0.171 e. The minimum Gasteiger partial charge on any atom is -0.506 e. The molecule has 3 N–H and O–H groups in total. The van der Waals surface area contributed by atoms with Crippen molar-refractivity contribution in [2.45, 2.75) is 39.2 Å². The van der Waals surface area contributed by atoms with Crippen molar-refractivity contribution in [3.63, 3.8) is 0 Å². The van der Waals surface area contributed by atoms with Gasteiger partial charge in [0.2, 0.25) is 0 Å². The van der Waals surface area contributed by atoms with Crippen LogP contribution in [0.2, 0.25) is 0 Å². The van der Waals surface area contributed by atoms with E-state index < -0.39 is 0 Å². The third kappa shape index (κ3) is 4.01. The van der Waals surface area contributed by atoms with Crippen LogP contribution in [-0.2, 0) is 12.0 Å². The quantitative estimate of drug-likeness (QED) is 0.571. The number of phenols is 1. The molecule has 5 heteroatoms. The first-order chi connectivity index (χ1) is 10.4. The highest BCUT2D eigenvalue weighted by Gasteiger charge is 2.19. The Morgan fingerprint density at radius 1 is 1.32 bits per heavy atom. The van der Waals surface area contributed by atoms with Crippen LogP contribution in [-0.4, -0.2) is 10.2 Å². The van der Waals surface area contributed by atoms with Gasteiger partial charge in [0.15, 0.2) is 5.11 Å². The summed E-state index contributed by atoms with van der Waals surface area (Å²) in [6.07, 6.45) is 2.63. The number of thiocarbonyl (C=S) groups is 1. The lowest BCUT2D eigenvalue weighted by atomic mass is 9.82. The van der Waals surface area contributed by atoms with Crippen molar-refractivity contribution >= 4 is 23.0 Å². The monoisotopic (exact) mass is 318 g/mol. The van der Waals surface area contributed by atoms with E-state index in [-0.39, 0.29) is 11.2 Å². The number of anilines is 1. The zero-order valence-corrected chi connectivity index (χ0v) is 14.0. The molecule has 0 spiro atoms. The van der Waals surface area contributed by atoms with E-state index in [1.165, 1.54) is 0 Å². The topological polar surface area (TPSA) is 57.4 Å². The normalized spacial score (nSPS) is 11.2. The highest BCUT2D eigenvalue weighted by atomic mass is 32.1. The molecule has 1 aromatic heterocycles. The fraction of sp³-hybridized carbons (Fsp3) is 0.353. The standard InChI is InChI=1S/C17H22N2O2S/c1-4-17(2,3)12-7-8-15(20)14(10-12)19-16(22)18-11-13-6-5-9-21-13/h5-10,20H,4,11H2,1-3H3,(H2,18,19,22). The Balaban J connectivity index is 2.05. The Kier molecular flexibility index (Phi) is 5.08. The summed E-state index contributed by atoms with van der Waals surface area (Å²) in [7, 11) is 0. The van der Waals surface area contributed by atoms with Crippen molar-refractivity contribution < 1.29 is 9.52 Å². The lowest BCUT2D eigenvalue weighted by Crippen LogP contribution is -2.28. The predicted octanol–water partition coefficient (Wildman–Crippen LogP) is 4.16. The van der Waals surface area contributed by atoms with Crippen molar-refractivity contribution in [3.8, 4) is 5.75 Å². The fourth-order valence-electron chi connectivity index (χ4n) is 2.01. The Morgan fingerprint density at radius 2 is 2.09 bits per heavy atom. The van der Waals surface area contributed by atoms with Crippen LogP contribution in [0.4, 0.5) is 5.69 Å². The predicted molar refractivity (Wildman–Crippen MR) is 93.2 cm³/mol. The van der Waals surface area contributed by atoms with Gasteiger partial charge in [0.1, 0.15) is 11.5 Å². The summed E-state index contributed by atoms with van der Waals surface area (Å²) in [5.74, 6) is 0.979. The average molecular weight is 318 g/mol. The molecule has 22 heavy (non-hydrogen) atoms. The number of benzene rings is 1. The van der Waals surface area contributed by atoms with E-state index in [0.29, 0.717) is 17.3 Å². The molecule has 0 amide bonds.